The van der Waals surface area contributed by atoms with Gasteiger partial charge in [0, 0.05) is 22.5 Å². The lowest BCUT2D eigenvalue weighted by Gasteiger charge is -2.24. The molecule has 1 aromatic rings. The van der Waals surface area contributed by atoms with Crippen LogP contribution in [0.25, 0.3) is 0 Å². The van der Waals surface area contributed by atoms with E-state index in [-0.39, 0.29) is 11.3 Å². The molecule has 0 unspecified atom stereocenters. The topological polar surface area (TPSA) is 29.1 Å². The summed E-state index contributed by atoms with van der Waals surface area (Å²) in [6.45, 7) is 4.99. The van der Waals surface area contributed by atoms with Crippen molar-refractivity contribution in [1.82, 2.24) is 5.32 Å². The summed E-state index contributed by atoms with van der Waals surface area (Å²) < 4.78 is 0. The van der Waals surface area contributed by atoms with Crippen molar-refractivity contribution in [3.63, 3.8) is 0 Å². The Morgan fingerprint density at radius 3 is 2.78 bits per heavy atom. The Morgan fingerprint density at radius 2 is 2.17 bits per heavy atom. The van der Waals surface area contributed by atoms with Crippen molar-refractivity contribution in [2.45, 2.75) is 26.7 Å². The van der Waals surface area contributed by atoms with Gasteiger partial charge in [-0.2, -0.15) is 0 Å². The Balaban J connectivity index is 2.50. The maximum atomic E-state index is 11.9. The van der Waals surface area contributed by atoms with E-state index in [0.717, 1.165) is 18.2 Å². The SMILES string of the molecule is CC(C)(CCCBr)CNC(=O)c1cccc(Cl)c1. The fraction of sp³-hybridized carbons (Fsp3) is 0.500. The molecule has 0 bridgehead atoms. The minimum absolute atomic E-state index is 0.0654. The Hall–Kier alpha value is -0.540. The van der Waals surface area contributed by atoms with E-state index in [1.165, 1.54) is 0 Å². The van der Waals surface area contributed by atoms with Gasteiger partial charge in [-0.3, -0.25) is 4.79 Å². The highest BCUT2D eigenvalue weighted by Gasteiger charge is 2.18. The van der Waals surface area contributed by atoms with Gasteiger partial charge in [-0.05, 0) is 36.5 Å². The highest BCUT2D eigenvalue weighted by Crippen LogP contribution is 2.21. The predicted molar refractivity (Wildman–Crippen MR) is 80.6 cm³/mol. The lowest BCUT2D eigenvalue weighted by Crippen LogP contribution is -2.34. The number of halogens is 2. The van der Waals surface area contributed by atoms with Crippen LogP contribution >= 0.6 is 27.5 Å². The molecule has 0 aliphatic heterocycles. The Morgan fingerprint density at radius 1 is 1.44 bits per heavy atom. The molecule has 2 nitrogen and oxygen atoms in total. The van der Waals surface area contributed by atoms with Gasteiger partial charge in [0.2, 0.25) is 0 Å². The van der Waals surface area contributed by atoms with Crippen LogP contribution in [0.3, 0.4) is 0 Å². The van der Waals surface area contributed by atoms with Crippen LogP contribution in [-0.4, -0.2) is 17.8 Å². The summed E-state index contributed by atoms with van der Waals surface area (Å²) in [5, 5.41) is 4.55. The van der Waals surface area contributed by atoms with E-state index in [1.807, 2.05) is 0 Å². The molecule has 0 aliphatic carbocycles. The molecule has 0 aromatic heterocycles. The first-order valence-electron chi connectivity index (χ1n) is 6.04. The van der Waals surface area contributed by atoms with Crippen molar-refractivity contribution in [2.75, 3.05) is 11.9 Å². The molecule has 0 radical (unpaired) electrons. The standard InChI is InChI=1S/C14H19BrClNO/c1-14(2,7-4-8-15)10-17-13(18)11-5-3-6-12(16)9-11/h3,5-6,9H,4,7-8,10H2,1-2H3,(H,17,18). The van der Waals surface area contributed by atoms with Gasteiger partial charge in [0.1, 0.15) is 0 Å². The minimum Gasteiger partial charge on any atom is -0.352 e. The van der Waals surface area contributed by atoms with Gasteiger partial charge in [0.05, 0.1) is 0 Å². The number of amides is 1. The van der Waals surface area contributed by atoms with Gasteiger partial charge < -0.3 is 5.32 Å². The van der Waals surface area contributed by atoms with Crippen LogP contribution in [0.15, 0.2) is 24.3 Å². The van der Waals surface area contributed by atoms with Gasteiger partial charge in [0.25, 0.3) is 5.91 Å². The number of rotatable bonds is 6. The molecule has 0 heterocycles. The Kier molecular flexibility index (Phi) is 6.16. The fourth-order valence-corrected chi connectivity index (χ4v) is 2.16. The molecule has 1 N–H and O–H groups in total. The number of carbonyl (C=O) groups excluding carboxylic acids is 1. The second-order valence-corrected chi connectivity index (χ2v) is 6.38. The predicted octanol–water partition coefficient (Wildman–Crippen LogP) is 4.27. The zero-order valence-electron chi connectivity index (χ0n) is 10.8. The number of hydrogen-bond acceptors (Lipinski definition) is 1. The van der Waals surface area contributed by atoms with Gasteiger partial charge in [0.15, 0.2) is 0 Å². The van der Waals surface area contributed by atoms with Gasteiger partial charge in [-0.25, -0.2) is 0 Å². The minimum atomic E-state index is -0.0654. The average Bonchev–Trinajstić information content (AvgIpc) is 2.34. The van der Waals surface area contributed by atoms with Crippen LogP contribution in [-0.2, 0) is 0 Å². The zero-order valence-corrected chi connectivity index (χ0v) is 13.1. The summed E-state index contributed by atoms with van der Waals surface area (Å²) in [5.74, 6) is -0.0654. The van der Waals surface area contributed by atoms with Crippen LogP contribution in [0.2, 0.25) is 5.02 Å². The number of nitrogens with one attached hydrogen (secondary N) is 1. The molecule has 100 valence electrons. The third-order valence-corrected chi connectivity index (χ3v) is 3.60. The van der Waals surface area contributed by atoms with Crippen molar-refractivity contribution in [2.24, 2.45) is 5.41 Å². The van der Waals surface area contributed by atoms with Gasteiger partial charge >= 0.3 is 0 Å². The van der Waals surface area contributed by atoms with E-state index in [0.29, 0.717) is 17.1 Å². The third kappa shape index (κ3) is 5.40. The molecule has 0 atom stereocenters. The summed E-state index contributed by atoms with van der Waals surface area (Å²) in [6.07, 6.45) is 2.19. The van der Waals surface area contributed by atoms with E-state index < -0.39 is 0 Å². The molecule has 0 aliphatic rings. The van der Waals surface area contributed by atoms with Crippen molar-refractivity contribution in [1.29, 1.82) is 0 Å². The maximum absolute atomic E-state index is 11.9. The summed E-state index contributed by atoms with van der Waals surface area (Å²) >= 11 is 9.29. The van der Waals surface area contributed by atoms with E-state index in [9.17, 15) is 4.79 Å². The summed E-state index contributed by atoms with van der Waals surface area (Å²) in [4.78, 5) is 11.9. The number of hydrogen-bond donors (Lipinski definition) is 1. The van der Waals surface area contributed by atoms with Gasteiger partial charge in [-0.15, -0.1) is 0 Å². The molecule has 0 spiro atoms. The highest BCUT2D eigenvalue weighted by atomic mass is 79.9. The first-order chi connectivity index (χ1) is 8.44. The summed E-state index contributed by atoms with van der Waals surface area (Å²) in [7, 11) is 0. The van der Waals surface area contributed by atoms with E-state index >= 15 is 0 Å². The van der Waals surface area contributed by atoms with E-state index in [1.54, 1.807) is 24.3 Å². The smallest absolute Gasteiger partial charge is 0.251 e. The second-order valence-electron chi connectivity index (χ2n) is 5.15. The normalized spacial score (nSPS) is 11.3. The largest absolute Gasteiger partial charge is 0.352 e. The van der Waals surface area contributed by atoms with Gasteiger partial charge in [-0.1, -0.05) is 47.4 Å². The quantitative estimate of drug-likeness (QED) is 0.774. The van der Waals surface area contributed by atoms with E-state index in [4.69, 9.17) is 11.6 Å². The Labute approximate surface area is 122 Å². The third-order valence-electron chi connectivity index (χ3n) is 2.80. The van der Waals surface area contributed by atoms with Crippen LogP contribution in [0.5, 0.6) is 0 Å². The van der Waals surface area contributed by atoms with E-state index in [2.05, 4.69) is 35.1 Å². The monoisotopic (exact) mass is 331 g/mol. The molecule has 1 amide bonds. The van der Waals surface area contributed by atoms with Crippen molar-refractivity contribution < 1.29 is 4.79 Å². The number of benzene rings is 1. The van der Waals surface area contributed by atoms with Crippen molar-refractivity contribution in [3.05, 3.63) is 34.9 Å². The summed E-state index contributed by atoms with van der Waals surface area (Å²) in [5.41, 5.74) is 0.723. The van der Waals surface area contributed by atoms with Crippen LogP contribution in [0, 0.1) is 5.41 Å². The average molecular weight is 333 g/mol. The lowest BCUT2D eigenvalue weighted by molar-refractivity contribution is 0.0934. The maximum Gasteiger partial charge on any atom is 0.251 e. The van der Waals surface area contributed by atoms with Crippen LogP contribution in [0.1, 0.15) is 37.0 Å². The molecular formula is C14H19BrClNO. The first-order valence-corrected chi connectivity index (χ1v) is 7.54. The molecule has 1 aromatic carbocycles. The molecule has 1 rings (SSSR count). The molecule has 0 saturated heterocycles. The second kappa shape index (κ2) is 7.15. The number of carbonyl (C=O) groups is 1. The highest BCUT2D eigenvalue weighted by molar-refractivity contribution is 9.09. The molecule has 0 fully saturated rings. The lowest BCUT2D eigenvalue weighted by atomic mass is 9.88. The van der Waals surface area contributed by atoms with Crippen molar-refractivity contribution in [3.8, 4) is 0 Å². The first kappa shape index (κ1) is 15.5. The molecular weight excluding hydrogens is 314 g/mol. The summed E-state index contributed by atoms with van der Waals surface area (Å²) in [6, 6.07) is 7.00. The van der Waals surface area contributed by atoms with Crippen LogP contribution < -0.4 is 5.32 Å². The Bertz CT molecular complexity index is 407. The number of alkyl halides is 1. The van der Waals surface area contributed by atoms with Crippen molar-refractivity contribution >= 4 is 33.4 Å². The molecule has 4 heteroatoms. The zero-order chi connectivity index (χ0) is 13.6. The van der Waals surface area contributed by atoms with Crippen LogP contribution in [0.4, 0.5) is 0 Å². The fourth-order valence-electron chi connectivity index (χ4n) is 1.69. The molecule has 0 saturated carbocycles. The molecule has 18 heavy (non-hydrogen) atoms.